The van der Waals surface area contributed by atoms with Gasteiger partial charge in [-0.3, -0.25) is 4.99 Å². The van der Waals surface area contributed by atoms with Gasteiger partial charge in [-0.1, -0.05) is 12.2 Å². The summed E-state index contributed by atoms with van der Waals surface area (Å²) in [6.45, 7) is 9.83. The van der Waals surface area contributed by atoms with Crippen LogP contribution < -0.4 is 0 Å². The first kappa shape index (κ1) is 14.2. The minimum absolute atomic E-state index is 0.289. The highest BCUT2D eigenvalue weighted by Gasteiger charge is 2.07. The van der Waals surface area contributed by atoms with Crippen molar-refractivity contribution in [3.63, 3.8) is 0 Å². The molecule has 4 heteroatoms. The van der Waals surface area contributed by atoms with Gasteiger partial charge in [0.2, 0.25) is 5.90 Å². The van der Waals surface area contributed by atoms with E-state index in [0.29, 0.717) is 11.6 Å². The summed E-state index contributed by atoms with van der Waals surface area (Å²) >= 11 is 0. The molecule has 0 aromatic carbocycles. The van der Waals surface area contributed by atoms with Crippen molar-refractivity contribution < 1.29 is 9.47 Å². The zero-order valence-corrected chi connectivity index (χ0v) is 11.5. The molecule has 0 aliphatic carbocycles. The number of rotatable bonds is 4. The van der Waals surface area contributed by atoms with Crippen LogP contribution in [-0.2, 0) is 9.47 Å². The van der Waals surface area contributed by atoms with Crippen molar-refractivity contribution in [2.24, 2.45) is 9.98 Å². The van der Waals surface area contributed by atoms with Gasteiger partial charge in [0.1, 0.15) is 5.76 Å². The summed E-state index contributed by atoms with van der Waals surface area (Å²) in [6, 6.07) is 0. The Hall–Kier alpha value is -1.84. The van der Waals surface area contributed by atoms with E-state index in [0.717, 1.165) is 17.9 Å². The molecule has 0 unspecified atom stereocenters. The molecule has 4 nitrogen and oxygen atoms in total. The molecule has 0 spiro atoms. The number of ether oxygens (including phenoxy) is 2. The summed E-state index contributed by atoms with van der Waals surface area (Å²) in [4.78, 5) is 8.41. The molecule has 0 bridgehead atoms. The summed E-state index contributed by atoms with van der Waals surface area (Å²) in [5.74, 6) is 1.32. The second kappa shape index (κ2) is 6.79. The van der Waals surface area contributed by atoms with Crippen molar-refractivity contribution in [1.29, 1.82) is 0 Å². The standard InChI is InChI=1S/C14H20N2O2/c1-10(2)16-14(17-5)9-18-13-7-11(3)6-12(4)15-8-13/h6,8H,1,7,9H2,2-5H3. The minimum Gasteiger partial charge on any atom is -0.486 e. The lowest BCUT2D eigenvalue weighted by Crippen LogP contribution is -2.11. The average molecular weight is 248 g/mol. The summed E-state index contributed by atoms with van der Waals surface area (Å²) in [5, 5.41) is 0. The maximum Gasteiger partial charge on any atom is 0.227 e. The summed E-state index contributed by atoms with van der Waals surface area (Å²) in [5.41, 5.74) is 2.89. The topological polar surface area (TPSA) is 43.2 Å². The largest absolute Gasteiger partial charge is 0.486 e. The fourth-order valence-corrected chi connectivity index (χ4v) is 1.53. The van der Waals surface area contributed by atoms with Gasteiger partial charge in [-0.05, 0) is 26.8 Å². The zero-order chi connectivity index (χ0) is 13.5. The van der Waals surface area contributed by atoms with Crippen molar-refractivity contribution in [2.45, 2.75) is 27.2 Å². The van der Waals surface area contributed by atoms with Crippen LogP contribution in [-0.4, -0.2) is 25.3 Å². The van der Waals surface area contributed by atoms with Gasteiger partial charge in [-0.15, -0.1) is 0 Å². The van der Waals surface area contributed by atoms with Gasteiger partial charge in [0.25, 0.3) is 0 Å². The second-order valence-electron chi connectivity index (χ2n) is 4.27. The predicted molar refractivity (Wildman–Crippen MR) is 74.8 cm³/mol. The average Bonchev–Trinajstić information content (AvgIpc) is 2.45. The van der Waals surface area contributed by atoms with E-state index in [9.17, 15) is 0 Å². The second-order valence-corrected chi connectivity index (χ2v) is 4.27. The maximum atomic E-state index is 5.65. The molecule has 1 heterocycles. The van der Waals surface area contributed by atoms with E-state index in [2.05, 4.69) is 23.5 Å². The molecule has 0 amide bonds. The highest BCUT2D eigenvalue weighted by atomic mass is 16.5. The van der Waals surface area contributed by atoms with E-state index < -0.39 is 0 Å². The third-order valence-corrected chi connectivity index (χ3v) is 2.25. The van der Waals surface area contributed by atoms with Crippen LogP contribution in [0.4, 0.5) is 0 Å². The third kappa shape index (κ3) is 4.99. The SMILES string of the molecule is C=C(C)N=C(COC1=CN=C(C)C=C(C)C1)OC. The quantitative estimate of drug-likeness (QED) is 0.566. The minimum atomic E-state index is 0.289. The lowest BCUT2D eigenvalue weighted by molar-refractivity contribution is 0.224. The van der Waals surface area contributed by atoms with Crippen LogP contribution in [0.25, 0.3) is 0 Å². The summed E-state index contributed by atoms with van der Waals surface area (Å²) in [6.07, 6.45) is 4.55. The first-order valence-corrected chi connectivity index (χ1v) is 5.81. The van der Waals surface area contributed by atoms with E-state index in [-0.39, 0.29) is 6.61 Å². The fraction of sp³-hybridized carbons (Fsp3) is 0.429. The number of hydrogen-bond acceptors (Lipinski definition) is 4. The fourth-order valence-electron chi connectivity index (χ4n) is 1.53. The van der Waals surface area contributed by atoms with Crippen molar-refractivity contribution in [1.82, 2.24) is 0 Å². The molecule has 0 saturated carbocycles. The van der Waals surface area contributed by atoms with Crippen molar-refractivity contribution in [3.05, 3.63) is 35.9 Å². The Labute approximate surface area is 108 Å². The Balaban J connectivity index is 2.64. The molecule has 1 aliphatic rings. The first-order chi connectivity index (χ1) is 8.51. The Bertz CT molecular complexity index is 443. The molecule has 0 aromatic rings. The Morgan fingerprint density at radius 3 is 2.83 bits per heavy atom. The molecule has 0 N–H and O–H groups in total. The van der Waals surface area contributed by atoms with Gasteiger partial charge < -0.3 is 9.47 Å². The summed E-state index contributed by atoms with van der Waals surface area (Å²) in [7, 11) is 1.57. The molecular weight excluding hydrogens is 228 g/mol. The number of allylic oxidation sites excluding steroid dienone is 3. The summed E-state index contributed by atoms with van der Waals surface area (Å²) < 4.78 is 10.8. The molecule has 0 radical (unpaired) electrons. The molecule has 98 valence electrons. The van der Waals surface area contributed by atoms with Crippen molar-refractivity contribution >= 4 is 11.6 Å². The molecule has 1 aliphatic heterocycles. The van der Waals surface area contributed by atoms with Gasteiger partial charge in [-0.2, -0.15) is 0 Å². The zero-order valence-electron chi connectivity index (χ0n) is 11.5. The Kier molecular flexibility index (Phi) is 5.36. The molecule has 0 aromatic heterocycles. The molecule has 0 atom stereocenters. The normalized spacial score (nSPS) is 16.2. The highest BCUT2D eigenvalue weighted by Crippen LogP contribution is 2.15. The van der Waals surface area contributed by atoms with Crippen LogP contribution in [0.2, 0.25) is 0 Å². The highest BCUT2D eigenvalue weighted by molar-refractivity contribution is 5.94. The lowest BCUT2D eigenvalue weighted by atomic mass is 10.1. The van der Waals surface area contributed by atoms with Crippen LogP contribution in [0, 0.1) is 0 Å². The van der Waals surface area contributed by atoms with Crippen molar-refractivity contribution in [2.75, 3.05) is 13.7 Å². The van der Waals surface area contributed by atoms with Crippen LogP contribution in [0.5, 0.6) is 0 Å². The lowest BCUT2D eigenvalue weighted by Gasteiger charge is -2.10. The predicted octanol–water partition coefficient (Wildman–Crippen LogP) is 3.23. The monoisotopic (exact) mass is 248 g/mol. The molecule has 0 saturated heterocycles. The number of methoxy groups -OCH3 is 1. The van der Waals surface area contributed by atoms with E-state index >= 15 is 0 Å². The molecule has 0 fully saturated rings. The van der Waals surface area contributed by atoms with Crippen LogP contribution in [0.15, 0.2) is 45.9 Å². The molecule has 18 heavy (non-hydrogen) atoms. The van der Waals surface area contributed by atoms with Gasteiger partial charge in [-0.25, -0.2) is 4.99 Å². The Morgan fingerprint density at radius 1 is 1.50 bits per heavy atom. The maximum absolute atomic E-state index is 5.65. The van der Waals surface area contributed by atoms with E-state index in [1.807, 2.05) is 19.9 Å². The number of hydrogen-bond donors (Lipinski definition) is 0. The number of nitrogens with zero attached hydrogens (tertiary/aromatic N) is 2. The first-order valence-electron chi connectivity index (χ1n) is 5.81. The van der Waals surface area contributed by atoms with Gasteiger partial charge >= 0.3 is 0 Å². The third-order valence-electron chi connectivity index (χ3n) is 2.25. The molecule has 1 rings (SSSR count). The molecular formula is C14H20N2O2. The Morgan fingerprint density at radius 2 is 2.22 bits per heavy atom. The van der Waals surface area contributed by atoms with Gasteiger partial charge in [0.05, 0.1) is 13.3 Å². The van der Waals surface area contributed by atoms with E-state index in [1.165, 1.54) is 5.57 Å². The van der Waals surface area contributed by atoms with E-state index in [1.54, 1.807) is 13.3 Å². The van der Waals surface area contributed by atoms with Gasteiger partial charge in [0, 0.05) is 17.8 Å². The van der Waals surface area contributed by atoms with Crippen LogP contribution in [0.3, 0.4) is 0 Å². The van der Waals surface area contributed by atoms with Crippen LogP contribution in [0.1, 0.15) is 27.2 Å². The number of aliphatic imine (C=N–C) groups is 2. The van der Waals surface area contributed by atoms with Crippen molar-refractivity contribution in [3.8, 4) is 0 Å². The van der Waals surface area contributed by atoms with Gasteiger partial charge in [0.15, 0.2) is 6.61 Å². The van der Waals surface area contributed by atoms with Crippen LogP contribution >= 0.6 is 0 Å². The smallest absolute Gasteiger partial charge is 0.227 e. The van der Waals surface area contributed by atoms with E-state index in [4.69, 9.17) is 9.47 Å².